The molecule has 0 bridgehead atoms. The van der Waals surface area contributed by atoms with Crippen molar-refractivity contribution in [2.45, 2.75) is 32.2 Å². The summed E-state index contributed by atoms with van der Waals surface area (Å²) in [7, 11) is -1.24. The molecule has 0 amide bonds. The van der Waals surface area contributed by atoms with E-state index in [-0.39, 0.29) is 5.75 Å². The number of hydrogen-bond acceptors (Lipinski definition) is 2. The first-order valence-electron chi connectivity index (χ1n) is 4.03. The first-order valence-corrected chi connectivity index (χ1v) is 5.64. The van der Waals surface area contributed by atoms with Crippen molar-refractivity contribution in [2.75, 3.05) is 12.8 Å². The zero-order valence-electron chi connectivity index (χ0n) is 7.08. The van der Waals surface area contributed by atoms with Gasteiger partial charge in [-0.15, -0.1) is 0 Å². The van der Waals surface area contributed by atoms with E-state index in [0.29, 0.717) is 6.04 Å². The summed E-state index contributed by atoms with van der Waals surface area (Å²) in [5, 5.41) is 0. The molecule has 0 aromatic rings. The van der Waals surface area contributed by atoms with Crippen LogP contribution in [0.2, 0.25) is 0 Å². The average Bonchev–Trinajstić information content (AvgIpc) is 1.84. The molecule has 0 unspecified atom stereocenters. The quantitative estimate of drug-likeness (QED) is 0.640. The molecule has 0 aliphatic heterocycles. The topological polar surface area (TPSA) is 37.4 Å². The van der Waals surface area contributed by atoms with Gasteiger partial charge in [-0.25, -0.2) is 12.7 Å². The van der Waals surface area contributed by atoms with Gasteiger partial charge in [-0.3, -0.25) is 0 Å². The van der Waals surface area contributed by atoms with Crippen molar-refractivity contribution in [3.05, 3.63) is 0 Å². The normalized spacial score (nSPS) is 20.3. The average molecular weight is 177 g/mol. The second-order valence-electron chi connectivity index (χ2n) is 3.00. The maximum Gasteiger partial charge on any atom is 0.213 e. The van der Waals surface area contributed by atoms with Gasteiger partial charge in [0.05, 0.1) is 5.75 Å². The molecule has 1 aliphatic carbocycles. The van der Waals surface area contributed by atoms with Crippen molar-refractivity contribution in [3.63, 3.8) is 0 Å². The highest BCUT2D eigenvalue weighted by molar-refractivity contribution is 7.89. The van der Waals surface area contributed by atoms with Crippen LogP contribution in [0.3, 0.4) is 0 Å². The van der Waals surface area contributed by atoms with Crippen LogP contribution in [0.4, 0.5) is 0 Å². The third-order valence-electron chi connectivity index (χ3n) is 2.39. The van der Waals surface area contributed by atoms with E-state index in [4.69, 9.17) is 0 Å². The smallest absolute Gasteiger partial charge is 0.212 e. The highest BCUT2D eigenvalue weighted by Gasteiger charge is 2.28. The lowest BCUT2D eigenvalue weighted by molar-refractivity contribution is 0.250. The van der Waals surface area contributed by atoms with E-state index in [9.17, 15) is 8.42 Å². The minimum atomic E-state index is -2.92. The summed E-state index contributed by atoms with van der Waals surface area (Å²) in [6, 6.07) is 0.292. The molecule has 0 saturated heterocycles. The Labute approximate surface area is 68.4 Å². The van der Waals surface area contributed by atoms with Gasteiger partial charge in [0, 0.05) is 13.1 Å². The molecule has 0 aromatic carbocycles. The second-order valence-corrected chi connectivity index (χ2v) is 5.32. The van der Waals surface area contributed by atoms with Crippen LogP contribution >= 0.6 is 0 Å². The lowest BCUT2D eigenvalue weighted by atomic mass is 9.94. The molecule has 11 heavy (non-hydrogen) atoms. The van der Waals surface area contributed by atoms with Crippen molar-refractivity contribution < 1.29 is 8.42 Å². The molecule has 0 N–H and O–H groups in total. The standard InChI is InChI=1S/C7H15NO2S/c1-3-11(9,10)8(2)7-5-4-6-7/h7H,3-6H2,1-2H3. The number of nitrogens with zero attached hydrogens (tertiary/aromatic N) is 1. The Bertz CT molecular complexity index is 219. The van der Waals surface area contributed by atoms with Crippen molar-refractivity contribution >= 4 is 10.0 Å². The Kier molecular flexibility index (Phi) is 2.54. The SMILES string of the molecule is CCS(=O)(=O)N(C)C1CCC1. The summed E-state index contributed by atoms with van der Waals surface area (Å²) in [6.45, 7) is 1.69. The van der Waals surface area contributed by atoms with Crippen LogP contribution in [0.15, 0.2) is 0 Å². The van der Waals surface area contributed by atoms with E-state index in [1.54, 1.807) is 14.0 Å². The number of hydrogen-bond donors (Lipinski definition) is 0. The first-order chi connectivity index (χ1) is 5.08. The summed E-state index contributed by atoms with van der Waals surface area (Å²) in [5.41, 5.74) is 0. The number of sulfonamides is 1. The van der Waals surface area contributed by atoms with Gasteiger partial charge >= 0.3 is 0 Å². The van der Waals surface area contributed by atoms with Crippen LogP contribution in [0, 0.1) is 0 Å². The van der Waals surface area contributed by atoms with Crippen molar-refractivity contribution in [1.82, 2.24) is 4.31 Å². The fourth-order valence-electron chi connectivity index (χ4n) is 1.18. The van der Waals surface area contributed by atoms with Gasteiger partial charge in [-0.1, -0.05) is 6.42 Å². The lowest BCUT2D eigenvalue weighted by Crippen LogP contribution is -2.41. The molecular formula is C7H15NO2S. The Balaban J connectivity index is 2.59. The highest BCUT2D eigenvalue weighted by Crippen LogP contribution is 2.25. The Morgan fingerprint density at radius 3 is 2.27 bits per heavy atom. The molecule has 4 heteroatoms. The van der Waals surface area contributed by atoms with Gasteiger partial charge < -0.3 is 0 Å². The molecule has 1 rings (SSSR count). The summed E-state index contributed by atoms with van der Waals surface area (Å²) in [5.74, 6) is 0.222. The van der Waals surface area contributed by atoms with Crippen LogP contribution in [0.25, 0.3) is 0 Å². The third kappa shape index (κ3) is 1.73. The predicted octanol–water partition coefficient (Wildman–Crippen LogP) is 0.820. The van der Waals surface area contributed by atoms with Gasteiger partial charge in [-0.2, -0.15) is 0 Å². The van der Waals surface area contributed by atoms with Crippen LogP contribution in [0.1, 0.15) is 26.2 Å². The van der Waals surface area contributed by atoms with Crippen molar-refractivity contribution in [3.8, 4) is 0 Å². The molecule has 66 valence electrons. The summed E-state index contributed by atoms with van der Waals surface area (Å²) in [6.07, 6.45) is 3.25. The van der Waals surface area contributed by atoms with Crippen LogP contribution in [-0.2, 0) is 10.0 Å². The van der Waals surface area contributed by atoms with Crippen LogP contribution in [-0.4, -0.2) is 31.6 Å². The molecule has 1 aliphatic rings. The fourth-order valence-corrected chi connectivity index (χ4v) is 2.25. The van der Waals surface area contributed by atoms with Crippen molar-refractivity contribution in [1.29, 1.82) is 0 Å². The minimum absolute atomic E-state index is 0.222. The molecular weight excluding hydrogens is 162 g/mol. The molecule has 0 aromatic heterocycles. The zero-order chi connectivity index (χ0) is 8.48. The third-order valence-corrected chi connectivity index (χ3v) is 4.30. The zero-order valence-corrected chi connectivity index (χ0v) is 7.89. The van der Waals surface area contributed by atoms with Crippen molar-refractivity contribution in [2.24, 2.45) is 0 Å². The lowest BCUT2D eigenvalue weighted by Gasteiger charge is -2.33. The molecule has 1 fully saturated rings. The van der Waals surface area contributed by atoms with Gasteiger partial charge in [0.25, 0.3) is 0 Å². The van der Waals surface area contributed by atoms with Crippen LogP contribution < -0.4 is 0 Å². The Morgan fingerprint density at radius 2 is 2.00 bits per heavy atom. The molecule has 0 atom stereocenters. The monoisotopic (exact) mass is 177 g/mol. The van der Waals surface area contributed by atoms with E-state index in [1.807, 2.05) is 0 Å². The van der Waals surface area contributed by atoms with E-state index in [0.717, 1.165) is 12.8 Å². The van der Waals surface area contributed by atoms with Crippen LogP contribution in [0.5, 0.6) is 0 Å². The van der Waals surface area contributed by atoms with Gasteiger partial charge in [-0.05, 0) is 19.8 Å². The minimum Gasteiger partial charge on any atom is -0.212 e. The molecule has 0 heterocycles. The van der Waals surface area contributed by atoms with E-state index >= 15 is 0 Å². The summed E-state index contributed by atoms with van der Waals surface area (Å²) < 4.78 is 24.0. The van der Waals surface area contributed by atoms with E-state index in [1.165, 1.54) is 10.7 Å². The maximum absolute atomic E-state index is 11.3. The van der Waals surface area contributed by atoms with E-state index < -0.39 is 10.0 Å². The predicted molar refractivity (Wildman–Crippen MR) is 44.9 cm³/mol. The molecule has 0 radical (unpaired) electrons. The van der Waals surface area contributed by atoms with Gasteiger partial charge in [0.15, 0.2) is 0 Å². The Hall–Kier alpha value is -0.0900. The molecule has 3 nitrogen and oxygen atoms in total. The maximum atomic E-state index is 11.3. The molecule has 1 saturated carbocycles. The Morgan fingerprint density at radius 1 is 1.45 bits per heavy atom. The fraction of sp³-hybridized carbons (Fsp3) is 1.00. The van der Waals surface area contributed by atoms with Gasteiger partial charge in [0.2, 0.25) is 10.0 Å². The van der Waals surface area contributed by atoms with Gasteiger partial charge in [0.1, 0.15) is 0 Å². The summed E-state index contributed by atoms with van der Waals surface area (Å²) in [4.78, 5) is 0. The highest BCUT2D eigenvalue weighted by atomic mass is 32.2. The van der Waals surface area contributed by atoms with E-state index in [2.05, 4.69) is 0 Å². The second kappa shape index (κ2) is 3.11. The number of rotatable bonds is 3. The molecule has 0 spiro atoms. The largest absolute Gasteiger partial charge is 0.213 e. The summed E-state index contributed by atoms with van der Waals surface area (Å²) >= 11 is 0. The first kappa shape index (κ1) is 9.00.